The van der Waals surface area contributed by atoms with E-state index in [0.29, 0.717) is 17.0 Å². The fourth-order valence-corrected chi connectivity index (χ4v) is 3.24. The Balaban J connectivity index is 1.61. The Bertz CT molecular complexity index is 1100. The van der Waals surface area contributed by atoms with E-state index in [1.54, 1.807) is 19.2 Å². The summed E-state index contributed by atoms with van der Waals surface area (Å²) in [6.45, 7) is 2.70. The van der Waals surface area contributed by atoms with Crippen LogP contribution in [0.3, 0.4) is 0 Å². The zero-order valence-electron chi connectivity index (χ0n) is 15.7. The van der Waals surface area contributed by atoms with Gasteiger partial charge in [0.05, 0.1) is 28.9 Å². The summed E-state index contributed by atoms with van der Waals surface area (Å²) in [6.07, 6.45) is 13.5. The van der Waals surface area contributed by atoms with Gasteiger partial charge in [-0.2, -0.15) is 5.10 Å². The van der Waals surface area contributed by atoms with Crippen molar-refractivity contribution in [2.75, 3.05) is 0 Å². The molecule has 1 aliphatic rings. The van der Waals surface area contributed by atoms with Gasteiger partial charge in [0, 0.05) is 31.2 Å². The van der Waals surface area contributed by atoms with Crippen LogP contribution in [0, 0.1) is 0 Å². The number of aliphatic imine (C=N–C) groups is 1. The predicted molar refractivity (Wildman–Crippen MR) is 108 cm³/mol. The molecule has 3 heterocycles. The highest BCUT2D eigenvalue weighted by Crippen LogP contribution is 2.28. The lowest BCUT2D eigenvalue weighted by Crippen LogP contribution is -2.17. The highest BCUT2D eigenvalue weighted by Gasteiger charge is 2.17. The number of allylic oxidation sites excluding steroid dienone is 3. The fourth-order valence-electron chi connectivity index (χ4n) is 3.24. The molecule has 0 fully saturated rings. The highest BCUT2D eigenvalue weighted by atomic mass is 16.1. The Labute approximate surface area is 162 Å². The van der Waals surface area contributed by atoms with Crippen molar-refractivity contribution in [2.24, 2.45) is 10.7 Å². The minimum atomic E-state index is -0.0731. The van der Waals surface area contributed by atoms with Crippen LogP contribution >= 0.6 is 0 Å². The quantitative estimate of drug-likeness (QED) is 0.530. The molecule has 1 aliphatic carbocycles. The van der Waals surface area contributed by atoms with Crippen LogP contribution in [0.15, 0.2) is 71.5 Å². The van der Waals surface area contributed by atoms with E-state index < -0.39 is 0 Å². The van der Waals surface area contributed by atoms with E-state index in [1.165, 1.54) is 6.08 Å². The molecule has 3 aromatic heterocycles. The molecule has 0 radical (unpaired) electrons. The van der Waals surface area contributed by atoms with Gasteiger partial charge in [-0.05, 0) is 50.0 Å². The summed E-state index contributed by atoms with van der Waals surface area (Å²) in [5.74, 6) is -0.0731. The predicted octanol–water partition coefficient (Wildman–Crippen LogP) is 3.00. The van der Waals surface area contributed by atoms with Gasteiger partial charge < -0.3 is 10.3 Å². The smallest absolute Gasteiger partial charge is 0.183 e. The van der Waals surface area contributed by atoms with E-state index >= 15 is 0 Å². The van der Waals surface area contributed by atoms with Gasteiger partial charge in [-0.1, -0.05) is 6.07 Å². The summed E-state index contributed by atoms with van der Waals surface area (Å²) < 4.78 is 3.91. The van der Waals surface area contributed by atoms with Crippen molar-refractivity contribution >= 4 is 22.7 Å². The third-order valence-electron chi connectivity index (χ3n) is 4.78. The van der Waals surface area contributed by atoms with Crippen LogP contribution in [-0.4, -0.2) is 30.7 Å². The van der Waals surface area contributed by atoms with E-state index in [9.17, 15) is 4.79 Å². The van der Waals surface area contributed by atoms with Crippen molar-refractivity contribution in [1.29, 1.82) is 0 Å². The Morgan fingerprint density at radius 1 is 1.18 bits per heavy atom. The number of rotatable bonds is 6. The fraction of sp³-hybridized carbons (Fsp3) is 0.238. The van der Waals surface area contributed by atoms with Crippen molar-refractivity contribution in [3.63, 3.8) is 0 Å². The standard InChI is InChI=1S/C21H22N6O/c1-15-12-18(16(22)13-20(15)28)24-21-17(25-27-10-5-3-7-19(21)27)6-2-4-9-26-11-8-23-14-26/h3,5,7-8,10-14H,2,4,6,9,22H2,1H3. The zero-order valence-corrected chi connectivity index (χ0v) is 15.7. The summed E-state index contributed by atoms with van der Waals surface area (Å²) >= 11 is 0. The molecule has 7 nitrogen and oxygen atoms in total. The summed E-state index contributed by atoms with van der Waals surface area (Å²) in [4.78, 5) is 20.7. The van der Waals surface area contributed by atoms with Crippen molar-refractivity contribution in [2.45, 2.75) is 32.7 Å². The number of hydrogen-bond donors (Lipinski definition) is 1. The summed E-state index contributed by atoms with van der Waals surface area (Å²) in [7, 11) is 0. The molecule has 0 bridgehead atoms. The number of unbranched alkanes of at least 4 members (excludes halogenated alkanes) is 1. The molecule has 7 heteroatoms. The molecule has 4 rings (SSSR count). The van der Waals surface area contributed by atoms with Crippen LogP contribution in [0.5, 0.6) is 0 Å². The molecule has 3 aromatic rings. The van der Waals surface area contributed by atoms with E-state index in [2.05, 4.69) is 9.55 Å². The number of hydrogen-bond acceptors (Lipinski definition) is 5. The maximum Gasteiger partial charge on any atom is 0.183 e. The number of carbonyl (C=O) groups excluding carboxylic acids is 1. The van der Waals surface area contributed by atoms with Crippen molar-refractivity contribution in [3.8, 4) is 0 Å². The monoisotopic (exact) mass is 374 g/mol. The third kappa shape index (κ3) is 3.64. The molecule has 28 heavy (non-hydrogen) atoms. The first-order chi connectivity index (χ1) is 13.6. The zero-order chi connectivity index (χ0) is 19.5. The van der Waals surface area contributed by atoms with Crippen LogP contribution in [0.2, 0.25) is 0 Å². The van der Waals surface area contributed by atoms with Gasteiger partial charge in [-0.25, -0.2) is 14.5 Å². The van der Waals surface area contributed by atoms with Crippen LogP contribution in [0.25, 0.3) is 5.52 Å². The minimum absolute atomic E-state index is 0.0731. The van der Waals surface area contributed by atoms with E-state index in [-0.39, 0.29) is 5.78 Å². The minimum Gasteiger partial charge on any atom is -0.397 e. The maximum absolute atomic E-state index is 11.8. The largest absolute Gasteiger partial charge is 0.397 e. The summed E-state index contributed by atoms with van der Waals surface area (Å²) in [5, 5.41) is 4.71. The topological polar surface area (TPSA) is 90.6 Å². The number of pyridine rings is 1. The summed E-state index contributed by atoms with van der Waals surface area (Å²) in [5.41, 5.74) is 10.3. The molecule has 142 valence electrons. The van der Waals surface area contributed by atoms with Gasteiger partial charge in [-0.3, -0.25) is 4.79 Å². The van der Waals surface area contributed by atoms with Gasteiger partial charge in [0.25, 0.3) is 0 Å². The second-order valence-electron chi connectivity index (χ2n) is 6.87. The number of carbonyl (C=O) groups is 1. The second-order valence-corrected chi connectivity index (χ2v) is 6.87. The molecule has 0 saturated carbocycles. The summed E-state index contributed by atoms with van der Waals surface area (Å²) in [6, 6.07) is 5.90. The SMILES string of the molecule is CC1=CC(=Nc2c(CCCCn3ccnc3)nn3ccccc23)C(N)=CC1=O. The normalized spacial score (nSPS) is 15.9. The average molecular weight is 374 g/mol. The maximum atomic E-state index is 11.8. The van der Waals surface area contributed by atoms with Gasteiger partial charge in [0.2, 0.25) is 0 Å². The van der Waals surface area contributed by atoms with Crippen molar-refractivity contribution < 1.29 is 4.79 Å². The number of imidazole rings is 1. The number of aromatic nitrogens is 4. The lowest BCUT2D eigenvalue weighted by molar-refractivity contribution is -0.111. The number of aryl methyl sites for hydroxylation is 2. The van der Waals surface area contributed by atoms with E-state index in [0.717, 1.165) is 42.7 Å². The van der Waals surface area contributed by atoms with Gasteiger partial charge in [0.1, 0.15) is 5.69 Å². The van der Waals surface area contributed by atoms with Gasteiger partial charge in [0.15, 0.2) is 5.78 Å². The van der Waals surface area contributed by atoms with E-state index in [4.69, 9.17) is 15.8 Å². The first-order valence-corrected chi connectivity index (χ1v) is 9.32. The average Bonchev–Trinajstić information content (AvgIpc) is 3.31. The van der Waals surface area contributed by atoms with Crippen LogP contribution in [0.4, 0.5) is 5.69 Å². The number of nitrogens with two attached hydrogens (primary N) is 1. The first-order valence-electron chi connectivity index (χ1n) is 9.32. The Hall–Kier alpha value is -3.48. The molecule has 2 N–H and O–H groups in total. The molecule has 0 amide bonds. The van der Waals surface area contributed by atoms with Crippen LogP contribution in [0.1, 0.15) is 25.5 Å². The lowest BCUT2D eigenvalue weighted by Gasteiger charge is -2.09. The molecule has 0 unspecified atom stereocenters. The third-order valence-corrected chi connectivity index (χ3v) is 4.78. The molecular weight excluding hydrogens is 352 g/mol. The number of ketones is 1. The molecule has 0 aromatic carbocycles. The Kier molecular flexibility index (Phi) is 4.89. The lowest BCUT2D eigenvalue weighted by atomic mass is 10.0. The van der Waals surface area contributed by atoms with Crippen molar-refractivity contribution in [1.82, 2.24) is 19.2 Å². The first kappa shape index (κ1) is 17.9. The van der Waals surface area contributed by atoms with Crippen LogP contribution < -0.4 is 5.73 Å². The number of fused-ring (bicyclic) bond motifs is 1. The molecule has 0 saturated heterocycles. The van der Waals surface area contributed by atoms with Crippen LogP contribution in [-0.2, 0) is 17.8 Å². The van der Waals surface area contributed by atoms with Gasteiger partial charge >= 0.3 is 0 Å². The molecule has 0 aliphatic heterocycles. The Morgan fingerprint density at radius 2 is 2.07 bits per heavy atom. The molecule has 0 atom stereocenters. The highest BCUT2D eigenvalue weighted by molar-refractivity contribution is 6.22. The van der Waals surface area contributed by atoms with Crippen molar-refractivity contribution in [3.05, 3.63) is 72.2 Å². The molecular formula is C21H22N6O. The van der Waals surface area contributed by atoms with Gasteiger partial charge in [-0.15, -0.1) is 0 Å². The number of nitrogens with zero attached hydrogens (tertiary/aromatic N) is 5. The van der Waals surface area contributed by atoms with E-state index in [1.807, 2.05) is 41.4 Å². The molecule has 0 spiro atoms. The second kappa shape index (κ2) is 7.64. The Morgan fingerprint density at radius 3 is 2.89 bits per heavy atom.